The van der Waals surface area contributed by atoms with Crippen molar-refractivity contribution in [1.29, 1.82) is 0 Å². The summed E-state index contributed by atoms with van der Waals surface area (Å²) in [6, 6.07) is 4.96. The Morgan fingerprint density at radius 1 is 1.31 bits per heavy atom. The van der Waals surface area contributed by atoms with Crippen LogP contribution < -0.4 is 10.9 Å². The van der Waals surface area contributed by atoms with E-state index in [4.69, 9.17) is 23.2 Å². The molecule has 0 aliphatic rings. The van der Waals surface area contributed by atoms with Crippen LogP contribution in [0.2, 0.25) is 10.0 Å². The fraction of sp³-hybridized carbons (Fsp3) is 0.350. The van der Waals surface area contributed by atoms with E-state index in [-0.39, 0.29) is 22.8 Å². The molecule has 0 saturated heterocycles. The normalized spacial score (nSPS) is 13.4. The van der Waals surface area contributed by atoms with Crippen LogP contribution >= 0.6 is 46.3 Å². The summed E-state index contributed by atoms with van der Waals surface area (Å²) >= 11 is 15.1. The number of rotatable bonds is 6. The maximum atomic E-state index is 12.6. The van der Waals surface area contributed by atoms with Gasteiger partial charge in [-0.1, -0.05) is 29.3 Å². The Bertz CT molecular complexity index is 1130. The third-order valence-corrected chi connectivity index (χ3v) is 7.53. The van der Waals surface area contributed by atoms with E-state index in [0.29, 0.717) is 27.0 Å². The third-order valence-electron chi connectivity index (χ3n) is 4.72. The number of aromatic nitrogens is 2. The summed E-state index contributed by atoms with van der Waals surface area (Å²) in [5.41, 5.74) is 1.65. The van der Waals surface area contributed by atoms with E-state index >= 15 is 0 Å². The summed E-state index contributed by atoms with van der Waals surface area (Å²) in [6.45, 7) is 7.61. The first-order chi connectivity index (χ1) is 13.7. The minimum atomic E-state index is -0.323. The quantitative estimate of drug-likeness (QED) is 0.506. The van der Waals surface area contributed by atoms with Gasteiger partial charge in [0, 0.05) is 14.9 Å². The Kier molecular flexibility index (Phi) is 6.94. The number of aromatic amines is 1. The van der Waals surface area contributed by atoms with E-state index in [9.17, 15) is 9.59 Å². The lowest BCUT2D eigenvalue weighted by Gasteiger charge is -2.18. The van der Waals surface area contributed by atoms with Crippen molar-refractivity contribution >= 4 is 62.4 Å². The van der Waals surface area contributed by atoms with Crippen LogP contribution in [0.25, 0.3) is 10.2 Å². The number of carbonyl (C=O) groups is 1. The van der Waals surface area contributed by atoms with Crippen molar-refractivity contribution in [1.82, 2.24) is 15.3 Å². The predicted octanol–water partition coefficient (Wildman–Crippen LogP) is 5.41. The molecule has 29 heavy (non-hydrogen) atoms. The molecule has 2 atom stereocenters. The molecule has 0 unspecified atom stereocenters. The van der Waals surface area contributed by atoms with Gasteiger partial charge in [0.05, 0.1) is 22.4 Å². The second kappa shape index (κ2) is 9.08. The lowest BCUT2D eigenvalue weighted by molar-refractivity contribution is -0.120. The zero-order chi connectivity index (χ0) is 21.3. The zero-order valence-electron chi connectivity index (χ0n) is 16.4. The van der Waals surface area contributed by atoms with Crippen LogP contribution in [-0.2, 0) is 10.5 Å². The molecular weight excluding hydrogens is 449 g/mol. The molecule has 3 rings (SSSR count). The zero-order valence-corrected chi connectivity index (χ0v) is 19.6. The van der Waals surface area contributed by atoms with Crippen molar-refractivity contribution in [3.63, 3.8) is 0 Å². The van der Waals surface area contributed by atoms with Crippen LogP contribution in [0.5, 0.6) is 0 Å². The average Bonchev–Trinajstić information content (AvgIpc) is 2.93. The van der Waals surface area contributed by atoms with E-state index in [1.165, 1.54) is 23.1 Å². The number of thiophene rings is 1. The molecule has 0 fully saturated rings. The van der Waals surface area contributed by atoms with Crippen molar-refractivity contribution in [2.75, 3.05) is 0 Å². The van der Waals surface area contributed by atoms with Crippen molar-refractivity contribution in [3.05, 3.63) is 60.4 Å². The highest BCUT2D eigenvalue weighted by Gasteiger charge is 2.19. The molecule has 0 saturated carbocycles. The van der Waals surface area contributed by atoms with Gasteiger partial charge in [-0.2, -0.15) is 0 Å². The number of aryl methyl sites for hydroxylation is 2. The van der Waals surface area contributed by atoms with E-state index in [1.807, 2.05) is 33.8 Å². The Hall–Kier alpha value is -1.54. The largest absolute Gasteiger partial charge is 0.349 e. The topological polar surface area (TPSA) is 74.8 Å². The van der Waals surface area contributed by atoms with Gasteiger partial charge < -0.3 is 10.3 Å². The molecule has 3 aromatic rings. The monoisotopic (exact) mass is 469 g/mol. The van der Waals surface area contributed by atoms with Gasteiger partial charge in [-0.25, -0.2) is 4.98 Å². The number of nitrogens with one attached hydrogen (secondary N) is 2. The first kappa shape index (κ1) is 22.2. The van der Waals surface area contributed by atoms with Crippen molar-refractivity contribution < 1.29 is 4.79 Å². The van der Waals surface area contributed by atoms with Crippen LogP contribution in [0.15, 0.2) is 23.0 Å². The Morgan fingerprint density at radius 2 is 2.03 bits per heavy atom. The fourth-order valence-electron chi connectivity index (χ4n) is 2.91. The fourth-order valence-corrected chi connectivity index (χ4v) is 5.29. The summed E-state index contributed by atoms with van der Waals surface area (Å²) < 4.78 is 0. The number of thioether (sulfide) groups is 1. The Labute approximate surface area is 187 Å². The lowest BCUT2D eigenvalue weighted by atomic mass is 10.1. The molecular formula is C20H21Cl2N3O2S2. The molecule has 0 aliphatic carbocycles. The molecule has 2 heterocycles. The molecule has 1 amide bonds. The van der Waals surface area contributed by atoms with Gasteiger partial charge in [0.2, 0.25) is 5.91 Å². The minimum Gasteiger partial charge on any atom is -0.349 e. The van der Waals surface area contributed by atoms with E-state index in [0.717, 1.165) is 20.8 Å². The molecule has 2 N–H and O–H groups in total. The summed E-state index contributed by atoms with van der Waals surface area (Å²) in [5.74, 6) is 0.896. The number of fused-ring (bicyclic) bond motifs is 1. The average molecular weight is 470 g/mol. The number of H-pyrrole nitrogens is 1. The molecule has 5 nitrogen and oxygen atoms in total. The van der Waals surface area contributed by atoms with Gasteiger partial charge in [0.15, 0.2) is 0 Å². The molecule has 2 aromatic heterocycles. The highest BCUT2D eigenvalue weighted by molar-refractivity contribution is 7.99. The highest BCUT2D eigenvalue weighted by atomic mass is 35.5. The molecule has 1 aromatic carbocycles. The van der Waals surface area contributed by atoms with Gasteiger partial charge in [0.1, 0.15) is 10.7 Å². The maximum absolute atomic E-state index is 12.6. The van der Waals surface area contributed by atoms with Crippen LogP contribution in [0.3, 0.4) is 0 Å². The summed E-state index contributed by atoms with van der Waals surface area (Å²) in [4.78, 5) is 34.2. The standard InChI is InChI=1S/C20H21Cl2N3O2S2/c1-9-11(3)29-20-17(9)19(27)24-16(25-20)8-28-12(4)18(26)23-10(2)14-6-5-13(21)7-15(14)22/h5-7,10,12H,8H2,1-4H3,(H,23,26)(H,24,25,27)/t10-,12+/m1/s1. The number of carbonyl (C=O) groups excluding carboxylic acids is 1. The number of hydrogen-bond donors (Lipinski definition) is 2. The first-order valence-corrected chi connectivity index (χ1v) is 11.6. The van der Waals surface area contributed by atoms with Gasteiger partial charge in [-0.05, 0) is 51.0 Å². The first-order valence-electron chi connectivity index (χ1n) is 9.03. The molecule has 0 bridgehead atoms. The van der Waals surface area contributed by atoms with Crippen molar-refractivity contribution in [2.45, 2.75) is 44.7 Å². The van der Waals surface area contributed by atoms with Crippen LogP contribution in [0.1, 0.15) is 41.7 Å². The second-order valence-corrected chi connectivity index (χ2v) is 10.2. The third kappa shape index (κ3) is 4.97. The SMILES string of the molecule is Cc1sc2nc(CS[C@@H](C)C(=O)N[C@H](C)c3ccc(Cl)cc3Cl)[nH]c(=O)c2c1C. The lowest BCUT2D eigenvalue weighted by Crippen LogP contribution is -2.33. The predicted molar refractivity (Wildman–Crippen MR) is 123 cm³/mol. The van der Waals surface area contributed by atoms with Crippen molar-refractivity contribution in [2.24, 2.45) is 0 Å². The summed E-state index contributed by atoms with van der Waals surface area (Å²) in [5, 5.41) is 4.36. The molecule has 0 radical (unpaired) electrons. The molecule has 9 heteroatoms. The van der Waals surface area contributed by atoms with Crippen LogP contribution in [0, 0.1) is 13.8 Å². The summed E-state index contributed by atoms with van der Waals surface area (Å²) in [6.07, 6.45) is 0. The van der Waals surface area contributed by atoms with Crippen molar-refractivity contribution in [3.8, 4) is 0 Å². The minimum absolute atomic E-state index is 0.111. The van der Waals surface area contributed by atoms with Crippen LogP contribution in [0.4, 0.5) is 0 Å². The maximum Gasteiger partial charge on any atom is 0.259 e. The van der Waals surface area contributed by atoms with E-state index < -0.39 is 0 Å². The van der Waals surface area contributed by atoms with Gasteiger partial charge in [-0.3, -0.25) is 9.59 Å². The number of nitrogens with zero attached hydrogens (tertiary/aromatic N) is 1. The number of hydrogen-bond acceptors (Lipinski definition) is 5. The van der Waals surface area contributed by atoms with Crippen LogP contribution in [-0.4, -0.2) is 21.1 Å². The Balaban J connectivity index is 1.64. The number of halogens is 2. The summed E-state index contributed by atoms with van der Waals surface area (Å²) in [7, 11) is 0. The number of amides is 1. The van der Waals surface area contributed by atoms with Gasteiger partial charge in [-0.15, -0.1) is 23.1 Å². The number of benzene rings is 1. The highest BCUT2D eigenvalue weighted by Crippen LogP contribution is 2.28. The molecule has 0 aliphatic heterocycles. The van der Waals surface area contributed by atoms with E-state index in [2.05, 4.69) is 15.3 Å². The van der Waals surface area contributed by atoms with Gasteiger partial charge >= 0.3 is 0 Å². The van der Waals surface area contributed by atoms with Gasteiger partial charge in [0.25, 0.3) is 5.56 Å². The molecule has 0 spiro atoms. The second-order valence-electron chi connectivity index (χ2n) is 6.83. The van der Waals surface area contributed by atoms with E-state index in [1.54, 1.807) is 12.1 Å². The molecule has 154 valence electrons. The smallest absolute Gasteiger partial charge is 0.259 e. The Morgan fingerprint density at radius 3 is 2.72 bits per heavy atom.